The first kappa shape index (κ1) is 92.1. The van der Waals surface area contributed by atoms with Gasteiger partial charge in [0.2, 0.25) is 0 Å². The summed E-state index contributed by atoms with van der Waals surface area (Å²) in [6.45, 7) is 14.1. The zero-order valence-electron chi connectivity index (χ0n) is 61.6. The largest absolute Gasteiger partial charge is 0.472 e. The number of phosphoric ester groups is 2. The Bertz CT molecular complexity index is 1850. The van der Waals surface area contributed by atoms with E-state index in [1.165, 1.54) is 173 Å². The number of esters is 4. The molecule has 0 bridgehead atoms. The third kappa shape index (κ3) is 67.3. The summed E-state index contributed by atoms with van der Waals surface area (Å²) in [4.78, 5) is 72.7. The maximum absolute atomic E-state index is 13.1. The molecule has 0 amide bonds. The van der Waals surface area contributed by atoms with Gasteiger partial charge in [-0.3, -0.25) is 37.3 Å². The van der Waals surface area contributed by atoms with Crippen molar-refractivity contribution in [2.75, 3.05) is 39.6 Å². The van der Waals surface area contributed by atoms with E-state index in [1.54, 1.807) is 0 Å². The van der Waals surface area contributed by atoms with Crippen LogP contribution in [-0.2, 0) is 65.4 Å². The van der Waals surface area contributed by atoms with Crippen molar-refractivity contribution in [2.45, 2.75) is 395 Å². The molecule has 19 heteroatoms. The standard InChI is InChI=1S/C75H146O17P2/c1-9-68(8)54-46-38-32-34-40-48-56-73(78)86-62-70(91-74(79)57-49-41-30-26-21-17-15-13-11-10-12-14-16-19-23-27-35-43-51-65(2)3)63-89-93(81,82)87-59-69(76)60-88-94(83,84)90-64-71(92-75(80)58-50-42-33-31-37-45-53-67(6)7)61-85-72(77)55-47-39-29-25-22-18-20-24-28-36-44-52-66(4)5/h65-71,76H,9-64H2,1-8H3,(H,81,82)(H,83,84)/t68?,69-,70+,71+/m0/s1. The Morgan fingerprint density at radius 3 is 0.755 bits per heavy atom. The van der Waals surface area contributed by atoms with Crippen molar-refractivity contribution in [3.63, 3.8) is 0 Å². The van der Waals surface area contributed by atoms with Gasteiger partial charge in [0.15, 0.2) is 12.2 Å². The lowest BCUT2D eigenvalue weighted by molar-refractivity contribution is -0.161. The van der Waals surface area contributed by atoms with Gasteiger partial charge < -0.3 is 33.8 Å². The van der Waals surface area contributed by atoms with E-state index >= 15 is 0 Å². The molecule has 0 aliphatic carbocycles. The first-order valence-electron chi connectivity index (χ1n) is 38.7. The van der Waals surface area contributed by atoms with Crippen LogP contribution in [0, 0.1) is 23.7 Å². The van der Waals surface area contributed by atoms with E-state index in [0.717, 1.165) is 114 Å². The summed E-state index contributed by atoms with van der Waals surface area (Å²) in [6, 6.07) is 0. The smallest absolute Gasteiger partial charge is 0.462 e. The highest BCUT2D eigenvalue weighted by Crippen LogP contribution is 2.45. The molecule has 558 valence electrons. The van der Waals surface area contributed by atoms with Gasteiger partial charge in [-0.05, 0) is 49.4 Å². The molecule has 0 spiro atoms. The Balaban J connectivity index is 5.15. The number of ether oxygens (including phenoxy) is 4. The Morgan fingerprint density at radius 1 is 0.298 bits per heavy atom. The summed E-state index contributed by atoms with van der Waals surface area (Å²) in [5, 5.41) is 10.6. The third-order valence-corrected chi connectivity index (χ3v) is 19.6. The van der Waals surface area contributed by atoms with Crippen LogP contribution in [0.3, 0.4) is 0 Å². The van der Waals surface area contributed by atoms with Crippen molar-refractivity contribution in [3.05, 3.63) is 0 Å². The van der Waals surface area contributed by atoms with Gasteiger partial charge in [0, 0.05) is 25.7 Å². The second-order valence-corrected chi connectivity index (χ2v) is 31.6. The fourth-order valence-electron chi connectivity index (χ4n) is 11.3. The van der Waals surface area contributed by atoms with E-state index in [4.69, 9.17) is 37.0 Å². The second-order valence-electron chi connectivity index (χ2n) is 28.7. The maximum atomic E-state index is 13.1. The number of carbonyl (C=O) groups is 4. The summed E-state index contributed by atoms with van der Waals surface area (Å²) in [5.74, 6) is 0.863. The molecular formula is C75H146O17P2. The molecule has 0 saturated heterocycles. The number of hydrogen-bond acceptors (Lipinski definition) is 15. The number of aliphatic hydroxyl groups excluding tert-OH is 1. The van der Waals surface area contributed by atoms with Gasteiger partial charge in [0.05, 0.1) is 26.4 Å². The van der Waals surface area contributed by atoms with E-state index in [-0.39, 0.29) is 25.7 Å². The van der Waals surface area contributed by atoms with Crippen LogP contribution in [0.2, 0.25) is 0 Å². The van der Waals surface area contributed by atoms with Gasteiger partial charge in [-0.2, -0.15) is 0 Å². The van der Waals surface area contributed by atoms with E-state index in [0.29, 0.717) is 31.6 Å². The lowest BCUT2D eigenvalue weighted by atomic mass is 10.00. The minimum absolute atomic E-state index is 0.102. The van der Waals surface area contributed by atoms with Gasteiger partial charge in [-0.1, -0.05) is 325 Å². The molecule has 0 radical (unpaired) electrons. The predicted molar refractivity (Wildman–Crippen MR) is 381 cm³/mol. The second kappa shape index (κ2) is 64.4. The highest BCUT2D eigenvalue weighted by Gasteiger charge is 2.30. The van der Waals surface area contributed by atoms with E-state index in [2.05, 4.69) is 55.4 Å². The first-order chi connectivity index (χ1) is 45.1. The summed E-state index contributed by atoms with van der Waals surface area (Å²) in [6.07, 6.45) is 48.9. The number of rotatable bonds is 72. The molecule has 3 unspecified atom stereocenters. The number of phosphoric acid groups is 2. The molecule has 0 heterocycles. The summed E-state index contributed by atoms with van der Waals surface area (Å²) >= 11 is 0. The SMILES string of the molecule is CCC(C)CCCCCCCCC(=O)OC[C@H](COP(=O)(O)OC[C@H](O)COP(=O)(O)OC[C@@H](COC(=O)CCCCCCCCCCCCCC(C)C)OC(=O)CCCCCCCCC(C)C)OC(=O)CCCCCCCCCCCCCCCCCCCCC(C)C. The van der Waals surface area contributed by atoms with Crippen LogP contribution in [0.15, 0.2) is 0 Å². The van der Waals surface area contributed by atoms with Crippen LogP contribution in [0.5, 0.6) is 0 Å². The zero-order chi connectivity index (χ0) is 69.6. The fraction of sp³-hybridized carbons (Fsp3) is 0.947. The average Bonchev–Trinajstić information content (AvgIpc) is 1.49. The molecule has 0 fully saturated rings. The molecule has 3 N–H and O–H groups in total. The van der Waals surface area contributed by atoms with Crippen molar-refractivity contribution < 1.29 is 80.2 Å². The highest BCUT2D eigenvalue weighted by molar-refractivity contribution is 7.47. The number of carbonyl (C=O) groups excluding carboxylic acids is 4. The molecule has 0 aromatic carbocycles. The van der Waals surface area contributed by atoms with Crippen molar-refractivity contribution >= 4 is 39.5 Å². The molecule has 0 aromatic rings. The lowest BCUT2D eigenvalue weighted by Crippen LogP contribution is -2.30. The van der Waals surface area contributed by atoms with Crippen LogP contribution in [0.1, 0.15) is 376 Å². The Labute approximate surface area is 575 Å². The number of hydrogen-bond donors (Lipinski definition) is 3. The van der Waals surface area contributed by atoms with Gasteiger partial charge in [0.1, 0.15) is 19.3 Å². The van der Waals surface area contributed by atoms with Crippen molar-refractivity contribution in [2.24, 2.45) is 23.7 Å². The van der Waals surface area contributed by atoms with Crippen molar-refractivity contribution in [1.29, 1.82) is 0 Å². The maximum Gasteiger partial charge on any atom is 0.472 e. The molecule has 94 heavy (non-hydrogen) atoms. The molecule has 6 atom stereocenters. The minimum atomic E-state index is -4.96. The lowest BCUT2D eigenvalue weighted by Gasteiger charge is -2.21. The van der Waals surface area contributed by atoms with Crippen LogP contribution in [0.4, 0.5) is 0 Å². The first-order valence-corrected chi connectivity index (χ1v) is 41.7. The highest BCUT2D eigenvalue weighted by atomic mass is 31.2. The zero-order valence-corrected chi connectivity index (χ0v) is 63.4. The summed E-state index contributed by atoms with van der Waals surface area (Å²) in [5.41, 5.74) is 0. The topological polar surface area (TPSA) is 237 Å². The van der Waals surface area contributed by atoms with Crippen LogP contribution in [-0.4, -0.2) is 96.7 Å². The van der Waals surface area contributed by atoms with E-state index in [1.807, 2.05) is 0 Å². The van der Waals surface area contributed by atoms with Gasteiger partial charge >= 0.3 is 39.5 Å². The summed E-state index contributed by atoms with van der Waals surface area (Å²) in [7, 11) is -9.91. The van der Waals surface area contributed by atoms with Crippen LogP contribution >= 0.6 is 15.6 Å². The van der Waals surface area contributed by atoms with E-state index in [9.17, 15) is 43.2 Å². The predicted octanol–water partition coefficient (Wildman–Crippen LogP) is 21.7. The summed E-state index contributed by atoms with van der Waals surface area (Å²) < 4.78 is 68.4. The average molecular weight is 1380 g/mol. The van der Waals surface area contributed by atoms with Gasteiger partial charge in [-0.15, -0.1) is 0 Å². The van der Waals surface area contributed by atoms with Crippen LogP contribution < -0.4 is 0 Å². The molecule has 0 aliphatic heterocycles. The Morgan fingerprint density at radius 2 is 0.511 bits per heavy atom. The van der Waals surface area contributed by atoms with Gasteiger partial charge in [0.25, 0.3) is 0 Å². The Hall–Kier alpha value is -1.94. The normalized spacial score (nSPS) is 14.4. The monoisotopic (exact) mass is 1380 g/mol. The third-order valence-electron chi connectivity index (χ3n) is 17.7. The quantitative estimate of drug-likeness (QED) is 0.0222. The fourth-order valence-corrected chi connectivity index (χ4v) is 12.9. The van der Waals surface area contributed by atoms with Crippen LogP contribution in [0.25, 0.3) is 0 Å². The molecule has 17 nitrogen and oxygen atoms in total. The molecule has 0 saturated carbocycles. The molecular weight excluding hydrogens is 1230 g/mol. The molecule has 0 aliphatic rings. The van der Waals surface area contributed by atoms with Gasteiger partial charge in [-0.25, -0.2) is 9.13 Å². The number of unbranched alkanes of at least 4 members (excludes halogenated alkanes) is 37. The number of aliphatic hydroxyl groups is 1. The minimum Gasteiger partial charge on any atom is -0.462 e. The molecule has 0 rings (SSSR count). The van der Waals surface area contributed by atoms with E-state index < -0.39 is 97.5 Å². The Kier molecular flexibility index (Phi) is 63.1. The molecule has 0 aromatic heterocycles. The van der Waals surface area contributed by atoms with Crippen molar-refractivity contribution in [3.8, 4) is 0 Å². The van der Waals surface area contributed by atoms with Crippen molar-refractivity contribution in [1.82, 2.24) is 0 Å².